The van der Waals surface area contributed by atoms with Gasteiger partial charge in [-0.05, 0) is 24.3 Å². The van der Waals surface area contributed by atoms with E-state index >= 15 is 0 Å². The Hall–Kier alpha value is -2.57. The number of nitrogens with zero attached hydrogens (tertiary/aromatic N) is 3. The average Bonchev–Trinajstić information content (AvgIpc) is 2.71. The number of anilines is 1. The molecule has 7 nitrogen and oxygen atoms in total. The van der Waals surface area contributed by atoms with E-state index in [1.165, 1.54) is 0 Å². The van der Waals surface area contributed by atoms with Crippen molar-refractivity contribution in [3.05, 3.63) is 40.6 Å². The van der Waals surface area contributed by atoms with Gasteiger partial charge in [-0.15, -0.1) is 5.10 Å². The molecule has 2 aromatic rings. The van der Waals surface area contributed by atoms with Gasteiger partial charge in [0, 0.05) is 19.8 Å². The molecule has 0 saturated carbocycles. The maximum absolute atomic E-state index is 11.5. The number of benzene rings is 1. The first-order valence-corrected chi connectivity index (χ1v) is 5.19. The van der Waals surface area contributed by atoms with E-state index in [0.29, 0.717) is 5.69 Å². The van der Waals surface area contributed by atoms with Gasteiger partial charge in [0.2, 0.25) is 5.82 Å². The molecule has 7 heteroatoms. The number of carboxylic acid groups (broad SMARTS) is 1. The second-order valence-electron chi connectivity index (χ2n) is 3.91. The molecule has 0 saturated heterocycles. The number of aromatic nitrogens is 3. The third-order valence-corrected chi connectivity index (χ3v) is 2.43. The fourth-order valence-electron chi connectivity index (χ4n) is 1.49. The molecule has 0 radical (unpaired) electrons. The molecule has 18 heavy (non-hydrogen) atoms. The molecular formula is C11H12N4O3. The minimum absolute atomic E-state index is 0.378. The van der Waals surface area contributed by atoms with Crippen LogP contribution in [0, 0.1) is 0 Å². The number of hydrogen-bond donors (Lipinski definition) is 2. The van der Waals surface area contributed by atoms with E-state index in [2.05, 4.69) is 10.1 Å². The third-order valence-electron chi connectivity index (χ3n) is 2.43. The Kier molecular flexibility index (Phi) is 2.88. The lowest BCUT2D eigenvalue weighted by Crippen LogP contribution is -2.16. The Balaban J connectivity index is 2.43. The van der Waals surface area contributed by atoms with Crippen molar-refractivity contribution in [1.82, 2.24) is 14.8 Å². The number of rotatable bonds is 3. The van der Waals surface area contributed by atoms with Crippen LogP contribution in [0.25, 0.3) is 5.69 Å². The lowest BCUT2D eigenvalue weighted by molar-refractivity contribution is 0.0683. The molecule has 0 aliphatic heterocycles. The predicted octanol–water partition coefficient (Wildman–Crippen LogP) is 0.325. The summed E-state index contributed by atoms with van der Waals surface area (Å²) in [7, 11) is 3.80. The Morgan fingerprint density at radius 2 is 1.94 bits per heavy atom. The molecule has 1 aromatic heterocycles. The van der Waals surface area contributed by atoms with Crippen LogP contribution in [-0.4, -0.2) is 39.9 Å². The first-order chi connectivity index (χ1) is 8.49. The van der Waals surface area contributed by atoms with E-state index in [1.807, 2.05) is 31.1 Å². The van der Waals surface area contributed by atoms with E-state index in [0.717, 1.165) is 10.4 Å². The van der Waals surface area contributed by atoms with Crippen molar-refractivity contribution >= 4 is 11.7 Å². The minimum Gasteiger partial charge on any atom is -0.475 e. The monoisotopic (exact) mass is 248 g/mol. The standard InChI is InChI=1S/C11H12N4O3/c1-14(2)7-3-5-8(6-4-7)15-11(18)12-9(13-15)10(16)17/h3-6H,1-2H3,(H,16,17)(H,12,13,18). The van der Waals surface area contributed by atoms with Gasteiger partial charge in [0.25, 0.3) is 0 Å². The summed E-state index contributed by atoms with van der Waals surface area (Å²) in [5.41, 5.74) is 0.903. The van der Waals surface area contributed by atoms with Crippen molar-refractivity contribution in [3.63, 3.8) is 0 Å². The number of nitrogens with one attached hydrogen (secondary N) is 1. The fourth-order valence-corrected chi connectivity index (χ4v) is 1.49. The number of aromatic amines is 1. The van der Waals surface area contributed by atoms with Gasteiger partial charge in [-0.3, -0.25) is 4.98 Å². The summed E-state index contributed by atoms with van der Waals surface area (Å²) < 4.78 is 1.02. The normalized spacial score (nSPS) is 10.3. The largest absolute Gasteiger partial charge is 0.475 e. The molecule has 0 fully saturated rings. The Bertz CT molecular complexity index is 624. The topological polar surface area (TPSA) is 91.2 Å². The second kappa shape index (κ2) is 4.36. The molecule has 0 unspecified atom stereocenters. The molecule has 0 spiro atoms. The van der Waals surface area contributed by atoms with E-state index in [9.17, 15) is 9.59 Å². The van der Waals surface area contributed by atoms with E-state index in [-0.39, 0.29) is 5.82 Å². The quantitative estimate of drug-likeness (QED) is 0.816. The average molecular weight is 248 g/mol. The van der Waals surface area contributed by atoms with Crippen LogP contribution >= 0.6 is 0 Å². The first kappa shape index (κ1) is 11.9. The summed E-state index contributed by atoms with van der Waals surface area (Å²) in [6.45, 7) is 0. The van der Waals surface area contributed by atoms with Gasteiger partial charge in [0.1, 0.15) is 0 Å². The molecule has 94 valence electrons. The molecule has 0 atom stereocenters. The number of aromatic carboxylic acids is 1. The number of H-pyrrole nitrogens is 1. The van der Waals surface area contributed by atoms with Gasteiger partial charge in [-0.1, -0.05) is 0 Å². The number of hydrogen-bond acceptors (Lipinski definition) is 4. The molecule has 0 bridgehead atoms. The minimum atomic E-state index is -1.27. The molecular weight excluding hydrogens is 236 g/mol. The Morgan fingerprint density at radius 3 is 2.39 bits per heavy atom. The van der Waals surface area contributed by atoms with Crippen molar-refractivity contribution < 1.29 is 9.90 Å². The van der Waals surface area contributed by atoms with Gasteiger partial charge in [-0.25, -0.2) is 9.59 Å². The molecule has 0 aliphatic carbocycles. The van der Waals surface area contributed by atoms with Crippen molar-refractivity contribution in [1.29, 1.82) is 0 Å². The van der Waals surface area contributed by atoms with Gasteiger partial charge >= 0.3 is 11.7 Å². The van der Waals surface area contributed by atoms with Crippen LogP contribution in [0.5, 0.6) is 0 Å². The maximum Gasteiger partial charge on any atom is 0.373 e. The predicted molar refractivity (Wildman–Crippen MR) is 65.5 cm³/mol. The maximum atomic E-state index is 11.5. The first-order valence-electron chi connectivity index (χ1n) is 5.19. The van der Waals surface area contributed by atoms with Gasteiger partial charge < -0.3 is 10.0 Å². The SMILES string of the molecule is CN(C)c1ccc(-n2nc(C(=O)O)[nH]c2=O)cc1. The van der Waals surface area contributed by atoms with E-state index in [1.54, 1.807) is 12.1 Å². The number of carbonyl (C=O) groups is 1. The summed E-state index contributed by atoms with van der Waals surface area (Å²) in [6.07, 6.45) is 0. The summed E-state index contributed by atoms with van der Waals surface area (Å²) in [5, 5.41) is 12.4. The Morgan fingerprint density at radius 1 is 1.33 bits per heavy atom. The summed E-state index contributed by atoms with van der Waals surface area (Å²) >= 11 is 0. The van der Waals surface area contributed by atoms with Crippen molar-refractivity contribution in [3.8, 4) is 5.69 Å². The second-order valence-corrected chi connectivity index (χ2v) is 3.91. The summed E-state index contributed by atoms with van der Waals surface area (Å²) in [5.74, 6) is -1.65. The lowest BCUT2D eigenvalue weighted by Gasteiger charge is -2.12. The van der Waals surface area contributed by atoms with Gasteiger partial charge in [0.15, 0.2) is 0 Å². The van der Waals surface area contributed by atoms with Gasteiger partial charge in [-0.2, -0.15) is 4.68 Å². The molecule has 0 aliphatic rings. The van der Waals surface area contributed by atoms with Crippen molar-refractivity contribution in [2.24, 2.45) is 0 Å². The van der Waals surface area contributed by atoms with Crippen LogP contribution in [0.1, 0.15) is 10.6 Å². The van der Waals surface area contributed by atoms with E-state index in [4.69, 9.17) is 5.11 Å². The highest BCUT2D eigenvalue weighted by Gasteiger charge is 2.12. The Labute approximate surface area is 102 Å². The van der Waals surface area contributed by atoms with Gasteiger partial charge in [0.05, 0.1) is 5.69 Å². The number of carboxylic acids is 1. The molecule has 0 amide bonds. The van der Waals surface area contributed by atoms with E-state index < -0.39 is 11.7 Å². The van der Waals surface area contributed by atoms with Crippen LogP contribution in [-0.2, 0) is 0 Å². The third kappa shape index (κ3) is 2.10. The lowest BCUT2D eigenvalue weighted by atomic mass is 10.3. The zero-order valence-electron chi connectivity index (χ0n) is 9.91. The molecule has 2 N–H and O–H groups in total. The summed E-state index contributed by atoms with van der Waals surface area (Å²) in [4.78, 5) is 26.3. The zero-order valence-corrected chi connectivity index (χ0v) is 9.91. The smallest absolute Gasteiger partial charge is 0.373 e. The fraction of sp³-hybridized carbons (Fsp3) is 0.182. The van der Waals surface area contributed by atoms with Crippen molar-refractivity contribution in [2.75, 3.05) is 19.0 Å². The zero-order chi connectivity index (χ0) is 13.3. The van der Waals surface area contributed by atoms with Crippen LogP contribution < -0.4 is 10.6 Å². The van der Waals surface area contributed by atoms with Crippen molar-refractivity contribution in [2.45, 2.75) is 0 Å². The highest BCUT2D eigenvalue weighted by molar-refractivity contribution is 5.82. The molecule has 2 rings (SSSR count). The summed E-state index contributed by atoms with van der Waals surface area (Å²) in [6, 6.07) is 7.03. The highest BCUT2D eigenvalue weighted by atomic mass is 16.4. The molecule has 1 heterocycles. The van der Waals surface area contributed by atoms with Crippen LogP contribution in [0.15, 0.2) is 29.1 Å². The van der Waals surface area contributed by atoms with Crippen LogP contribution in [0.3, 0.4) is 0 Å². The van der Waals surface area contributed by atoms with Crippen LogP contribution in [0.2, 0.25) is 0 Å². The molecule has 1 aromatic carbocycles. The highest BCUT2D eigenvalue weighted by Crippen LogP contribution is 2.13. The van der Waals surface area contributed by atoms with Crippen LogP contribution in [0.4, 0.5) is 5.69 Å².